The monoisotopic (exact) mass is 492 g/mol. The van der Waals surface area contributed by atoms with Gasteiger partial charge in [0.05, 0.1) is 0 Å². The number of thioether (sulfide) groups is 2. The maximum atomic E-state index is 6.20. The van der Waals surface area contributed by atoms with E-state index in [0.29, 0.717) is 15.2 Å². The lowest BCUT2D eigenvalue weighted by Gasteiger charge is -2.11. The number of anilines is 1. The molecule has 7 heteroatoms. The highest BCUT2D eigenvalue weighted by molar-refractivity contribution is 7.98. The summed E-state index contributed by atoms with van der Waals surface area (Å²) in [6.45, 7) is 0.768. The molecule has 0 amide bonds. The highest BCUT2D eigenvalue weighted by Crippen LogP contribution is 2.28. The molecule has 0 unspecified atom stereocenters. The lowest BCUT2D eigenvalue weighted by atomic mass is 10.2. The van der Waals surface area contributed by atoms with Crippen LogP contribution in [0.4, 0.5) is 5.69 Å². The Labute approximate surface area is 202 Å². The minimum atomic E-state index is 0.623. The smallest absolute Gasteiger partial charge is 0.170 e. The molecule has 0 spiro atoms. The lowest BCUT2D eigenvalue weighted by molar-refractivity contribution is 0.990. The van der Waals surface area contributed by atoms with E-state index in [0.717, 1.165) is 35.1 Å². The number of rotatable bonds is 9. The van der Waals surface area contributed by atoms with Crippen LogP contribution in [0.25, 0.3) is 0 Å². The Morgan fingerprint density at radius 1 is 0.833 bits per heavy atom. The van der Waals surface area contributed by atoms with Crippen LogP contribution in [0.3, 0.4) is 0 Å². The molecule has 0 heterocycles. The number of thiocarbonyl (C=S) groups is 1. The predicted octanol–water partition coefficient (Wildman–Crippen LogP) is 7.51. The summed E-state index contributed by atoms with van der Waals surface area (Å²) in [5, 5.41) is 8.52. The van der Waals surface area contributed by atoms with E-state index < -0.39 is 0 Å². The van der Waals surface area contributed by atoms with Crippen LogP contribution in [0.2, 0.25) is 10.0 Å². The zero-order valence-corrected chi connectivity index (χ0v) is 20.2. The van der Waals surface area contributed by atoms with Gasteiger partial charge in [0.25, 0.3) is 0 Å². The minimum absolute atomic E-state index is 0.623. The van der Waals surface area contributed by atoms with Crippen LogP contribution in [-0.4, -0.2) is 17.4 Å². The van der Waals surface area contributed by atoms with Crippen LogP contribution in [0.1, 0.15) is 11.1 Å². The molecule has 0 saturated carbocycles. The molecule has 30 heavy (non-hydrogen) atoms. The second-order valence-corrected chi connectivity index (χ2v) is 9.81. The summed E-state index contributed by atoms with van der Waals surface area (Å²) in [6, 6.07) is 24.4. The van der Waals surface area contributed by atoms with Crippen molar-refractivity contribution in [3.05, 3.63) is 94.0 Å². The van der Waals surface area contributed by atoms with Crippen molar-refractivity contribution in [2.75, 3.05) is 17.6 Å². The molecule has 3 rings (SSSR count). The molecule has 2 N–H and O–H groups in total. The van der Waals surface area contributed by atoms with Crippen LogP contribution >= 0.6 is 58.9 Å². The van der Waals surface area contributed by atoms with Crippen LogP contribution in [-0.2, 0) is 11.5 Å². The van der Waals surface area contributed by atoms with Gasteiger partial charge in [-0.2, -0.15) is 11.8 Å². The van der Waals surface area contributed by atoms with Crippen molar-refractivity contribution in [3.8, 4) is 0 Å². The zero-order valence-electron chi connectivity index (χ0n) is 16.2. The summed E-state index contributed by atoms with van der Waals surface area (Å²) in [4.78, 5) is 1.28. The zero-order chi connectivity index (χ0) is 21.2. The molecule has 3 aromatic rings. The van der Waals surface area contributed by atoms with Gasteiger partial charge in [-0.3, -0.25) is 0 Å². The Kier molecular flexibility index (Phi) is 9.69. The van der Waals surface area contributed by atoms with E-state index in [-0.39, 0.29) is 0 Å². The molecule has 0 aliphatic rings. The Morgan fingerprint density at radius 3 is 2.23 bits per heavy atom. The summed E-state index contributed by atoms with van der Waals surface area (Å²) < 4.78 is 0. The van der Waals surface area contributed by atoms with Gasteiger partial charge in [0.2, 0.25) is 0 Å². The van der Waals surface area contributed by atoms with Gasteiger partial charge in [0, 0.05) is 44.4 Å². The van der Waals surface area contributed by atoms with Crippen molar-refractivity contribution in [3.63, 3.8) is 0 Å². The third-order valence-electron chi connectivity index (χ3n) is 4.20. The van der Waals surface area contributed by atoms with Crippen molar-refractivity contribution in [1.82, 2.24) is 5.32 Å². The van der Waals surface area contributed by atoms with Gasteiger partial charge in [-0.05, 0) is 59.7 Å². The summed E-state index contributed by atoms with van der Waals surface area (Å²) in [7, 11) is 0. The first-order chi connectivity index (χ1) is 14.6. The maximum absolute atomic E-state index is 6.20. The quantitative estimate of drug-likeness (QED) is 0.183. The fourth-order valence-corrected chi connectivity index (χ4v) is 5.31. The standard InChI is InChI=1S/C23H22Cl2N2S3/c24-21-7-4-8-22(25)20(21)16-29-14-13-26-23(28)27-18-11-9-17(10-12-18)15-30-19-5-2-1-3-6-19/h1-12H,13-16H2,(H2,26,27,28). The van der Waals surface area contributed by atoms with E-state index in [1.165, 1.54) is 10.5 Å². The Balaban J connectivity index is 1.34. The Hall–Kier alpha value is -1.37. The fourth-order valence-electron chi connectivity index (χ4n) is 2.62. The first kappa shape index (κ1) is 23.3. The Morgan fingerprint density at radius 2 is 1.53 bits per heavy atom. The molecule has 0 radical (unpaired) electrons. The van der Waals surface area contributed by atoms with Gasteiger partial charge in [-0.1, -0.05) is 59.6 Å². The molecular weight excluding hydrogens is 471 g/mol. The summed E-state index contributed by atoms with van der Waals surface area (Å²) >= 11 is 21.4. The summed E-state index contributed by atoms with van der Waals surface area (Å²) in [5.41, 5.74) is 3.25. The number of halogens is 2. The average Bonchev–Trinajstić information content (AvgIpc) is 2.75. The molecule has 0 aromatic heterocycles. The molecule has 0 atom stereocenters. The van der Waals surface area contributed by atoms with Gasteiger partial charge in [-0.15, -0.1) is 11.8 Å². The van der Waals surface area contributed by atoms with E-state index in [9.17, 15) is 0 Å². The van der Waals surface area contributed by atoms with Crippen molar-refractivity contribution in [1.29, 1.82) is 0 Å². The normalized spacial score (nSPS) is 10.6. The van der Waals surface area contributed by atoms with Gasteiger partial charge >= 0.3 is 0 Å². The van der Waals surface area contributed by atoms with E-state index in [1.807, 2.05) is 36.0 Å². The fraction of sp³-hybridized carbons (Fsp3) is 0.174. The predicted molar refractivity (Wildman–Crippen MR) is 139 cm³/mol. The molecular formula is C23H22Cl2N2S3. The van der Waals surface area contributed by atoms with E-state index >= 15 is 0 Å². The molecule has 0 aliphatic carbocycles. The number of hydrogen-bond acceptors (Lipinski definition) is 3. The highest BCUT2D eigenvalue weighted by atomic mass is 35.5. The first-order valence-electron chi connectivity index (χ1n) is 9.44. The lowest BCUT2D eigenvalue weighted by Crippen LogP contribution is -2.30. The van der Waals surface area contributed by atoms with Crippen LogP contribution in [0, 0.1) is 0 Å². The molecule has 3 aromatic carbocycles. The molecule has 0 fully saturated rings. The van der Waals surface area contributed by atoms with Crippen molar-refractivity contribution in [2.24, 2.45) is 0 Å². The minimum Gasteiger partial charge on any atom is -0.362 e. The molecule has 156 valence electrons. The second kappa shape index (κ2) is 12.5. The van der Waals surface area contributed by atoms with Crippen molar-refractivity contribution >= 4 is 69.7 Å². The maximum Gasteiger partial charge on any atom is 0.170 e. The topological polar surface area (TPSA) is 24.1 Å². The van der Waals surface area contributed by atoms with E-state index in [2.05, 4.69) is 59.2 Å². The van der Waals surface area contributed by atoms with Gasteiger partial charge in [-0.25, -0.2) is 0 Å². The van der Waals surface area contributed by atoms with Crippen molar-refractivity contribution < 1.29 is 0 Å². The van der Waals surface area contributed by atoms with Crippen LogP contribution < -0.4 is 10.6 Å². The van der Waals surface area contributed by atoms with Gasteiger partial charge < -0.3 is 10.6 Å². The number of hydrogen-bond donors (Lipinski definition) is 2. The van der Waals surface area contributed by atoms with Crippen LogP contribution in [0.5, 0.6) is 0 Å². The third kappa shape index (κ3) is 7.71. The van der Waals surface area contributed by atoms with Gasteiger partial charge in [0.1, 0.15) is 0 Å². The molecule has 0 saturated heterocycles. The van der Waals surface area contributed by atoms with E-state index in [1.54, 1.807) is 11.8 Å². The van der Waals surface area contributed by atoms with Crippen LogP contribution in [0.15, 0.2) is 77.7 Å². The molecule has 2 nitrogen and oxygen atoms in total. The Bertz CT molecular complexity index is 930. The average molecular weight is 494 g/mol. The molecule has 0 aliphatic heterocycles. The van der Waals surface area contributed by atoms with Crippen molar-refractivity contribution in [2.45, 2.75) is 16.4 Å². The third-order valence-corrected chi connectivity index (χ3v) is 7.22. The first-order valence-corrected chi connectivity index (χ1v) is 12.7. The SMILES string of the molecule is S=C(NCCSCc1c(Cl)cccc1Cl)Nc1ccc(CSc2ccccc2)cc1. The largest absolute Gasteiger partial charge is 0.362 e. The number of nitrogens with one attached hydrogen (secondary N) is 2. The highest BCUT2D eigenvalue weighted by Gasteiger charge is 2.05. The summed E-state index contributed by atoms with van der Waals surface area (Å²) in [6.07, 6.45) is 0. The second-order valence-electron chi connectivity index (χ2n) is 6.43. The number of benzene rings is 3. The van der Waals surface area contributed by atoms with Gasteiger partial charge in [0.15, 0.2) is 5.11 Å². The molecule has 0 bridgehead atoms. The van der Waals surface area contributed by atoms with E-state index in [4.69, 9.17) is 35.4 Å². The summed E-state index contributed by atoms with van der Waals surface area (Å²) in [5.74, 6) is 2.63.